The summed E-state index contributed by atoms with van der Waals surface area (Å²) in [4.78, 5) is 28.5. The van der Waals surface area contributed by atoms with Gasteiger partial charge in [0.25, 0.3) is 0 Å². The number of amides is 2. The van der Waals surface area contributed by atoms with Crippen molar-refractivity contribution in [1.82, 2.24) is 10.2 Å². The van der Waals surface area contributed by atoms with E-state index in [-0.39, 0.29) is 17.7 Å². The molecule has 0 aliphatic carbocycles. The molecule has 1 fully saturated rings. The van der Waals surface area contributed by atoms with Gasteiger partial charge in [-0.3, -0.25) is 9.59 Å². The molecule has 1 aromatic rings. The van der Waals surface area contributed by atoms with Crippen molar-refractivity contribution in [1.29, 1.82) is 0 Å². The molecule has 1 saturated heterocycles. The molecule has 2 amide bonds. The van der Waals surface area contributed by atoms with Crippen LogP contribution in [0.1, 0.15) is 33.1 Å². The van der Waals surface area contributed by atoms with Gasteiger partial charge in [0.15, 0.2) is 0 Å². The molecular formula is C20H32N4O2. The van der Waals surface area contributed by atoms with Crippen molar-refractivity contribution in [3.05, 3.63) is 30.3 Å². The van der Waals surface area contributed by atoms with Gasteiger partial charge in [0, 0.05) is 44.8 Å². The Kier molecular flexibility index (Phi) is 7.91. The molecule has 3 N–H and O–H groups in total. The summed E-state index contributed by atoms with van der Waals surface area (Å²) in [6.07, 6.45) is 1.99. The van der Waals surface area contributed by atoms with Crippen LogP contribution in [0.5, 0.6) is 0 Å². The Labute approximate surface area is 156 Å². The van der Waals surface area contributed by atoms with Crippen molar-refractivity contribution in [3.63, 3.8) is 0 Å². The van der Waals surface area contributed by atoms with E-state index in [9.17, 15) is 9.59 Å². The minimum absolute atomic E-state index is 0.122. The average molecular weight is 361 g/mol. The molecular weight excluding hydrogens is 328 g/mol. The number of hydrogen-bond acceptors (Lipinski definition) is 4. The first kappa shape index (κ1) is 20.2. The van der Waals surface area contributed by atoms with E-state index in [0.29, 0.717) is 19.4 Å². The van der Waals surface area contributed by atoms with Gasteiger partial charge in [-0.2, -0.15) is 0 Å². The van der Waals surface area contributed by atoms with Crippen LogP contribution in [-0.2, 0) is 9.59 Å². The van der Waals surface area contributed by atoms with Crippen LogP contribution in [0.2, 0.25) is 0 Å². The van der Waals surface area contributed by atoms with Crippen LogP contribution in [0, 0.1) is 5.92 Å². The summed E-state index contributed by atoms with van der Waals surface area (Å²) in [5, 5.41) is 2.84. The normalized spacial score (nSPS) is 16.9. The molecule has 1 aromatic carbocycles. The van der Waals surface area contributed by atoms with Crippen LogP contribution in [0.25, 0.3) is 0 Å². The highest BCUT2D eigenvalue weighted by molar-refractivity contribution is 5.81. The molecule has 0 radical (unpaired) electrons. The average Bonchev–Trinajstić information content (AvgIpc) is 2.70. The van der Waals surface area contributed by atoms with E-state index < -0.39 is 6.04 Å². The van der Waals surface area contributed by atoms with E-state index in [1.54, 1.807) is 0 Å². The minimum atomic E-state index is -0.471. The van der Waals surface area contributed by atoms with Gasteiger partial charge >= 0.3 is 0 Å². The van der Waals surface area contributed by atoms with E-state index in [0.717, 1.165) is 32.6 Å². The lowest BCUT2D eigenvalue weighted by Crippen LogP contribution is -2.49. The number of carbonyl (C=O) groups excluding carboxylic acids is 2. The molecule has 0 aromatic heterocycles. The maximum atomic E-state index is 12.3. The highest BCUT2D eigenvalue weighted by atomic mass is 16.2. The fourth-order valence-electron chi connectivity index (χ4n) is 3.09. The number of nitrogens with one attached hydrogen (secondary N) is 1. The summed E-state index contributed by atoms with van der Waals surface area (Å²) in [6.45, 7) is 7.71. The molecule has 2 unspecified atom stereocenters. The fourth-order valence-corrected chi connectivity index (χ4v) is 3.09. The van der Waals surface area contributed by atoms with Gasteiger partial charge < -0.3 is 20.9 Å². The Hall–Kier alpha value is -2.08. The molecule has 6 heteroatoms. The number of nitrogens with zero attached hydrogens (tertiary/aromatic N) is 2. The van der Waals surface area contributed by atoms with E-state index in [1.807, 2.05) is 36.9 Å². The van der Waals surface area contributed by atoms with Crippen molar-refractivity contribution in [2.75, 3.05) is 37.6 Å². The summed E-state index contributed by atoms with van der Waals surface area (Å²) in [6, 6.07) is 9.82. The summed E-state index contributed by atoms with van der Waals surface area (Å²) >= 11 is 0. The number of carbonyl (C=O) groups is 2. The van der Waals surface area contributed by atoms with Gasteiger partial charge in [-0.15, -0.1) is 0 Å². The fraction of sp³-hybridized carbons (Fsp3) is 0.600. The molecule has 1 heterocycles. The van der Waals surface area contributed by atoms with Crippen LogP contribution in [0.3, 0.4) is 0 Å². The maximum absolute atomic E-state index is 12.3. The van der Waals surface area contributed by atoms with Gasteiger partial charge in [-0.05, 0) is 24.5 Å². The first-order valence-electron chi connectivity index (χ1n) is 9.64. The molecule has 26 heavy (non-hydrogen) atoms. The second kappa shape index (κ2) is 10.2. The van der Waals surface area contributed by atoms with Crippen LogP contribution in [-0.4, -0.2) is 55.5 Å². The predicted molar refractivity (Wildman–Crippen MR) is 105 cm³/mol. The monoisotopic (exact) mass is 360 g/mol. The zero-order valence-electron chi connectivity index (χ0n) is 16.0. The topological polar surface area (TPSA) is 78.7 Å². The van der Waals surface area contributed by atoms with E-state index >= 15 is 0 Å². The summed E-state index contributed by atoms with van der Waals surface area (Å²) in [7, 11) is 0. The molecule has 6 nitrogen and oxygen atoms in total. The second-order valence-electron chi connectivity index (χ2n) is 7.01. The Bertz CT molecular complexity index is 570. The van der Waals surface area contributed by atoms with Gasteiger partial charge in [0.05, 0.1) is 6.04 Å². The molecule has 2 atom stereocenters. The van der Waals surface area contributed by atoms with Crippen LogP contribution < -0.4 is 16.0 Å². The maximum Gasteiger partial charge on any atom is 0.237 e. The Morgan fingerprint density at radius 2 is 1.81 bits per heavy atom. The third kappa shape index (κ3) is 5.73. The van der Waals surface area contributed by atoms with Gasteiger partial charge in [0.2, 0.25) is 11.8 Å². The van der Waals surface area contributed by atoms with Crippen LogP contribution in [0.4, 0.5) is 5.69 Å². The van der Waals surface area contributed by atoms with Crippen molar-refractivity contribution >= 4 is 17.5 Å². The van der Waals surface area contributed by atoms with Crippen molar-refractivity contribution in [2.24, 2.45) is 11.7 Å². The smallest absolute Gasteiger partial charge is 0.237 e. The lowest BCUT2D eigenvalue weighted by molar-refractivity contribution is -0.132. The number of nitrogens with two attached hydrogens (primary N) is 1. The van der Waals surface area contributed by atoms with Gasteiger partial charge in [-0.1, -0.05) is 38.5 Å². The lowest BCUT2D eigenvalue weighted by atomic mass is 9.99. The first-order valence-corrected chi connectivity index (χ1v) is 9.64. The number of rotatable bonds is 8. The van der Waals surface area contributed by atoms with Gasteiger partial charge in [-0.25, -0.2) is 0 Å². The van der Waals surface area contributed by atoms with Crippen molar-refractivity contribution < 1.29 is 9.59 Å². The Balaban J connectivity index is 1.64. The third-order valence-corrected chi connectivity index (χ3v) is 5.18. The van der Waals surface area contributed by atoms with E-state index in [4.69, 9.17) is 5.73 Å². The van der Waals surface area contributed by atoms with Crippen LogP contribution in [0.15, 0.2) is 30.3 Å². The lowest BCUT2D eigenvalue weighted by Gasteiger charge is -2.36. The molecule has 144 valence electrons. The van der Waals surface area contributed by atoms with E-state index in [1.165, 1.54) is 5.69 Å². The number of para-hydroxylation sites is 1. The molecule has 0 spiro atoms. The molecule has 0 bridgehead atoms. The quantitative estimate of drug-likeness (QED) is 0.690. The number of piperazine rings is 1. The largest absolute Gasteiger partial charge is 0.368 e. The highest BCUT2D eigenvalue weighted by Gasteiger charge is 2.21. The summed E-state index contributed by atoms with van der Waals surface area (Å²) in [5.41, 5.74) is 7.11. The van der Waals surface area contributed by atoms with Gasteiger partial charge in [0.1, 0.15) is 0 Å². The number of benzene rings is 1. The Morgan fingerprint density at radius 3 is 2.42 bits per heavy atom. The Morgan fingerprint density at radius 1 is 1.15 bits per heavy atom. The minimum Gasteiger partial charge on any atom is -0.368 e. The summed E-state index contributed by atoms with van der Waals surface area (Å²) < 4.78 is 0. The molecule has 2 rings (SSSR count). The molecule has 0 saturated carbocycles. The highest BCUT2D eigenvalue weighted by Crippen LogP contribution is 2.16. The molecule has 1 aliphatic heterocycles. The number of hydrogen-bond donors (Lipinski definition) is 2. The first-order chi connectivity index (χ1) is 12.5. The molecule has 1 aliphatic rings. The predicted octanol–water partition coefficient (Wildman–Crippen LogP) is 1.61. The SMILES string of the molecule is CCC(C)C(N)C(=O)NCCCC(=O)N1CCN(c2ccccc2)CC1. The zero-order chi connectivity index (χ0) is 18.9. The van der Waals surface area contributed by atoms with Crippen LogP contribution >= 0.6 is 0 Å². The zero-order valence-corrected chi connectivity index (χ0v) is 16.0. The second-order valence-corrected chi connectivity index (χ2v) is 7.01. The summed E-state index contributed by atoms with van der Waals surface area (Å²) in [5.74, 6) is 0.207. The van der Waals surface area contributed by atoms with Crippen molar-refractivity contribution in [3.8, 4) is 0 Å². The third-order valence-electron chi connectivity index (χ3n) is 5.18. The van der Waals surface area contributed by atoms with E-state index in [2.05, 4.69) is 22.3 Å². The van der Waals surface area contributed by atoms with Crippen molar-refractivity contribution in [2.45, 2.75) is 39.2 Å². The standard InChI is InChI=1S/C20H32N4O2/c1-3-16(2)19(21)20(26)22-11-7-10-18(25)24-14-12-23(13-15-24)17-8-5-4-6-9-17/h4-6,8-9,16,19H,3,7,10-15,21H2,1-2H3,(H,22,26). The number of anilines is 1.